The van der Waals surface area contributed by atoms with Gasteiger partial charge < -0.3 is 64.5 Å². The second-order valence-electron chi connectivity index (χ2n) is 22.9. The zero-order chi connectivity index (χ0) is 65.6. The molecule has 9 rings (SSSR count). The highest BCUT2D eigenvalue weighted by molar-refractivity contribution is 7.87. The van der Waals surface area contributed by atoms with Crippen molar-refractivity contribution in [3.05, 3.63) is 127 Å². The average molecular weight is 1270 g/mol. The molecule has 1 saturated carbocycles. The van der Waals surface area contributed by atoms with Crippen LogP contribution in [0.15, 0.2) is 116 Å². The third-order valence-corrected chi connectivity index (χ3v) is 17.1. The molecule has 1 aliphatic rings. The van der Waals surface area contributed by atoms with E-state index in [-0.39, 0.29) is 45.5 Å². The number of hydrogen-bond donors (Lipinski definition) is 4. The lowest BCUT2D eigenvalue weighted by Gasteiger charge is -2.27. The highest BCUT2D eigenvalue weighted by Crippen LogP contribution is 2.45. The van der Waals surface area contributed by atoms with Crippen molar-refractivity contribution < 1.29 is 45.4 Å². The molecule has 0 aliphatic heterocycles. The van der Waals surface area contributed by atoms with Crippen LogP contribution in [0.2, 0.25) is 0 Å². The zero-order valence-electron chi connectivity index (χ0n) is 53.1. The Labute approximate surface area is 527 Å². The van der Waals surface area contributed by atoms with Gasteiger partial charge in [-0.2, -0.15) is 25.9 Å². The van der Waals surface area contributed by atoms with Crippen LogP contribution in [-0.4, -0.2) is 185 Å². The molecule has 91 heavy (non-hydrogen) atoms. The van der Waals surface area contributed by atoms with Crippen LogP contribution in [0.25, 0.3) is 44.3 Å². The first-order valence-corrected chi connectivity index (χ1v) is 30.5. The minimum Gasteiger partial charge on any atom is -0.497 e. The number of benzene rings is 4. The summed E-state index contributed by atoms with van der Waals surface area (Å²) >= 11 is 0. The van der Waals surface area contributed by atoms with Gasteiger partial charge in [0.05, 0.1) is 72.4 Å². The van der Waals surface area contributed by atoms with Gasteiger partial charge in [0.1, 0.15) is 22.8 Å². The van der Waals surface area contributed by atoms with Gasteiger partial charge in [0, 0.05) is 150 Å². The van der Waals surface area contributed by atoms with Gasteiger partial charge in [-0.3, -0.25) is 9.59 Å². The zero-order valence-corrected chi connectivity index (χ0v) is 53.9. The molecule has 0 unspecified atom stereocenters. The van der Waals surface area contributed by atoms with E-state index in [4.69, 9.17) is 19.2 Å². The van der Waals surface area contributed by atoms with Crippen LogP contribution in [0.3, 0.4) is 0 Å². The van der Waals surface area contributed by atoms with Crippen LogP contribution in [0.5, 0.6) is 17.2 Å². The molecule has 27 heteroatoms. The summed E-state index contributed by atoms with van der Waals surface area (Å²) in [6.45, 7) is 7.30. The minimum absolute atomic E-state index is 0.0583. The number of fused-ring (bicyclic) bond motifs is 2. The Bertz CT molecular complexity index is 4150. The number of aromatic nitrogens is 6. The summed E-state index contributed by atoms with van der Waals surface area (Å²) in [5.74, 6) is 0.297. The first-order valence-electron chi connectivity index (χ1n) is 29.1. The Morgan fingerprint density at radius 3 is 1.91 bits per heavy atom. The van der Waals surface area contributed by atoms with Crippen molar-refractivity contribution in [2.24, 2.45) is 0 Å². The van der Waals surface area contributed by atoms with Gasteiger partial charge in [-0.25, -0.2) is 23.9 Å². The molecular weight excluding hydrogens is 1190 g/mol. The second kappa shape index (κ2) is 27.9. The third kappa shape index (κ3) is 15.3. The SMILES string of the molecule is C=CC(=O)Nc1cc(Nc2ncc(C(F)(F)F)c(-c3cn(S(=O)(=O)N(C)C)c4cc(OC)ccc34)n2)c(OC)cc1N(C)CCN(C)Cc1ccc2c(c1)c(-c1ccnc(Nc3cc(NC(=O)/C=C/CN(C)C)c(N(C)CCN(C)C)cc3OC)n1)cn2C1CC1. The average Bonchev–Trinajstić information content (AvgIpc) is 1.63. The Hall–Kier alpha value is -9.28. The Morgan fingerprint density at radius 1 is 0.692 bits per heavy atom. The van der Waals surface area contributed by atoms with Gasteiger partial charge in [-0.1, -0.05) is 18.7 Å². The second-order valence-corrected chi connectivity index (χ2v) is 24.9. The maximum atomic E-state index is 14.8. The van der Waals surface area contributed by atoms with E-state index in [9.17, 15) is 31.2 Å². The predicted molar refractivity (Wildman–Crippen MR) is 353 cm³/mol. The summed E-state index contributed by atoms with van der Waals surface area (Å²) in [5, 5.41) is 13.5. The smallest absolute Gasteiger partial charge is 0.419 e. The number of nitrogens with one attached hydrogen (secondary N) is 4. The Morgan fingerprint density at radius 2 is 1.33 bits per heavy atom. The van der Waals surface area contributed by atoms with Gasteiger partial charge in [-0.15, -0.1) is 0 Å². The lowest BCUT2D eigenvalue weighted by molar-refractivity contribution is -0.137. The number of likely N-dealkylation sites (N-methyl/N-ethyl adjacent to an activating group) is 5. The van der Waals surface area contributed by atoms with Crippen LogP contribution >= 0.6 is 0 Å². The number of ether oxygens (including phenoxy) is 3. The fraction of sp³-hybridized carbons (Fsp3) is 0.344. The monoisotopic (exact) mass is 1270 g/mol. The lowest BCUT2D eigenvalue weighted by atomic mass is 10.1. The van der Waals surface area contributed by atoms with E-state index in [0.29, 0.717) is 85.1 Å². The van der Waals surface area contributed by atoms with E-state index >= 15 is 0 Å². The van der Waals surface area contributed by atoms with Crippen molar-refractivity contribution in [2.75, 3.05) is 149 Å². The number of amides is 2. The molecule has 0 spiro atoms. The molecule has 2 amide bonds. The summed E-state index contributed by atoms with van der Waals surface area (Å²) < 4.78 is 92.9. The quantitative estimate of drug-likeness (QED) is 0.0335. The van der Waals surface area contributed by atoms with Crippen molar-refractivity contribution in [3.8, 4) is 39.8 Å². The molecule has 1 fully saturated rings. The molecular formula is C64H77F3N16O7S. The Kier molecular flexibility index (Phi) is 20.2. The highest BCUT2D eigenvalue weighted by Gasteiger charge is 2.37. The van der Waals surface area contributed by atoms with E-state index in [1.807, 2.05) is 83.4 Å². The third-order valence-electron chi connectivity index (χ3n) is 15.4. The summed E-state index contributed by atoms with van der Waals surface area (Å²) in [6, 6.07) is 20.1. The van der Waals surface area contributed by atoms with Crippen LogP contribution in [-0.2, 0) is 32.5 Å². The summed E-state index contributed by atoms with van der Waals surface area (Å²) in [6.07, 6.45) is 7.23. The molecule has 0 saturated heterocycles. The molecule has 0 radical (unpaired) electrons. The number of halogens is 3. The standard InChI is InChI=1S/C64H77F3N16O7S/c1-14-59(84)70-49-32-52(74-63-69-36-47(64(65,66)67)61(75-63)46-39-83(91(86,87)78(6)7)54-31-42(88-11)20-21-43(46)54)58(90-13)34-55(49)81(10)29-27-79(8)37-40-17-22-53-44(30-40)45(38-82(53)41-18-19-41)48-23-24-68-62(72-48)73-51-33-50(71-60(85)16-15-25-76(2)3)56(35-57(51)89-12)80(9)28-26-77(4)5/h14-17,20-24,30-36,38-39,41H,1,18-19,25-29,37H2,2-13H3,(H,70,84)(H,71,85)(H,68,72,73)(H,69,74,75)/b16-15+. The minimum atomic E-state index is -4.95. The number of rotatable bonds is 28. The van der Waals surface area contributed by atoms with Gasteiger partial charge in [-0.05, 0) is 102 Å². The molecule has 482 valence electrons. The van der Waals surface area contributed by atoms with E-state index < -0.39 is 33.6 Å². The molecule has 1 aliphatic carbocycles. The number of carbonyl (C=O) groups is 2. The van der Waals surface area contributed by atoms with Crippen molar-refractivity contribution in [2.45, 2.75) is 31.6 Å². The lowest BCUT2D eigenvalue weighted by Crippen LogP contribution is -2.31. The topological polar surface area (TPSA) is 225 Å². The van der Waals surface area contributed by atoms with E-state index in [1.165, 1.54) is 52.6 Å². The number of methoxy groups -OCH3 is 3. The molecule has 4 aromatic carbocycles. The van der Waals surface area contributed by atoms with Crippen LogP contribution in [0.4, 0.5) is 59.2 Å². The molecule has 0 atom stereocenters. The number of hydrogen-bond acceptors (Lipinski definition) is 18. The predicted octanol–water partition coefficient (Wildman–Crippen LogP) is 9.78. The summed E-state index contributed by atoms with van der Waals surface area (Å²) in [4.78, 5) is 54.7. The summed E-state index contributed by atoms with van der Waals surface area (Å²) in [7, 11) is 16.5. The maximum Gasteiger partial charge on any atom is 0.419 e. The van der Waals surface area contributed by atoms with Crippen LogP contribution < -0.4 is 45.3 Å². The first kappa shape index (κ1) is 66.1. The maximum absolute atomic E-state index is 14.8. The van der Waals surface area contributed by atoms with Crippen molar-refractivity contribution >= 4 is 89.9 Å². The van der Waals surface area contributed by atoms with Gasteiger partial charge in [0.2, 0.25) is 23.7 Å². The van der Waals surface area contributed by atoms with Crippen LogP contribution in [0.1, 0.15) is 30.0 Å². The molecule has 4 aromatic heterocycles. The Balaban J connectivity index is 0.958. The largest absolute Gasteiger partial charge is 0.497 e. The van der Waals surface area contributed by atoms with Crippen molar-refractivity contribution in [1.82, 2.24) is 47.5 Å². The molecule has 0 bridgehead atoms. The highest BCUT2D eigenvalue weighted by atomic mass is 32.2. The van der Waals surface area contributed by atoms with E-state index in [2.05, 4.69) is 86.5 Å². The molecule has 4 heterocycles. The number of carbonyl (C=O) groups excluding carboxylic acids is 2. The molecule has 8 aromatic rings. The number of anilines is 8. The van der Waals surface area contributed by atoms with Gasteiger partial charge >= 0.3 is 16.4 Å². The number of alkyl halides is 3. The fourth-order valence-electron chi connectivity index (χ4n) is 10.3. The summed E-state index contributed by atoms with van der Waals surface area (Å²) in [5.41, 5.74) is 4.87. The van der Waals surface area contributed by atoms with E-state index in [0.717, 1.165) is 67.7 Å². The molecule has 23 nitrogen and oxygen atoms in total. The molecule has 4 N–H and O–H groups in total. The van der Waals surface area contributed by atoms with Gasteiger partial charge in [0.15, 0.2) is 0 Å². The van der Waals surface area contributed by atoms with Crippen molar-refractivity contribution in [1.29, 1.82) is 0 Å². The van der Waals surface area contributed by atoms with E-state index in [1.54, 1.807) is 25.4 Å². The number of nitrogens with zero attached hydrogens (tertiary/aromatic N) is 12. The van der Waals surface area contributed by atoms with Gasteiger partial charge in [0.25, 0.3) is 0 Å². The first-order chi connectivity index (χ1) is 43.3. The van der Waals surface area contributed by atoms with Crippen LogP contribution in [0, 0.1) is 0 Å². The normalized spacial score (nSPS) is 12.8. The van der Waals surface area contributed by atoms with Crippen molar-refractivity contribution in [3.63, 3.8) is 0 Å². The fourth-order valence-corrected chi connectivity index (χ4v) is 11.3.